The van der Waals surface area contributed by atoms with Crippen molar-refractivity contribution in [1.29, 1.82) is 0 Å². The van der Waals surface area contributed by atoms with Crippen LogP contribution in [-0.2, 0) is 11.2 Å². The summed E-state index contributed by atoms with van der Waals surface area (Å²) in [7, 11) is 0. The predicted octanol–water partition coefficient (Wildman–Crippen LogP) is 2.52. The number of hydrogen-bond donors (Lipinski definition) is 1. The van der Waals surface area contributed by atoms with Crippen molar-refractivity contribution < 1.29 is 14.3 Å². The SMILES string of the molecule is Cc1c(Br)ccc(CC(=O)O)c1F. The summed E-state index contributed by atoms with van der Waals surface area (Å²) in [5.74, 6) is -1.47. The average molecular weight is 247 g/mol. The quantitative estimate of drug-likeness (QED) is 0.871. The van der Waals surface area contributed by atoms with Crippen LogP contribution in [0.2, 0.25) is 0 Å². The fourth-order valence-electron chi connectivity index (χ4n) is 1.02. The first-order chi connectivity index (χ1) is 6.02. The van der Waals surface area contributed by atoms with Gasteiger partial charge in [0.2, 0.25) is 0 Å². The van der Waals surface area contributed by atoms with E-state index in [9.17, 15) is 9.18 Å². The van der Waals surface area contributed by atoms with E-state index >= 15 is 0 Å². The average Bonchev–Trinajstić information content (AvgIpc) is 2.06. The summed E-state index contributed by atoms with van der Waals surface area (Å²) in [6.45, 7) is 1.60. The Bertz CT molecular complexity index is 350. The molecule has 13 heavy (non-hydrogen) atoms. The Labute approximate surface area is 83.5 Å². The summed E-state index contributed by atoms with van der Waals surface area (Å²) in [5.41, 5.74) is 0.659. The van der Waals surface area contributed by atoms with Crippen molar-refractivity contribution in [2.75, 3.05) is 0 Å². The van der Waals surface area contributed by atoms with Gasteiger partial charge in [-0.2, -0.15) is 0 Å². The number of benzene rings is 1. The molecule has 0 fully saturated rings. The second-order valence-electron chi connectivity index (χ2n) is 2.72. The maximum atomic E-state index is 13.3. The van der Waals surface area contributed by atoms with Crippen LogP contribution in [0.1, 0.15) is 11.1 Å². The van der Waals surface area contributed by atoms with Crippen LogP contribution in [0.15, 0.2) is 16.6 Å². The van der Waals surface area contributed by atoms with Crippen LogP contribution in [0, 0.1) is 12.7 Å². The molecule has 1 N–H and O–H groups in total. The van der Waals surface area contributed by atoms with Gasteiger partial charge in [0.15, 0.2) is 0 Å². The highest BCUT2D eigenvalue weighted by Gasteiger charge is 2.10. The number of halogens is 2. The van der Waals surface area contributed by atoms with Gasteiger partial charge in [-0.15, -0.1) is 0 Å². The minimum absolute atomic E-state index is 0.216. The summed E-state index contributed by atoms with van der Waals surface area (Å²) in [4.78, 5) is 10.3. The van der Waals surface area contributed by atoms with Gasteiger partial charge in [-0.25, -0.2) is 4.39 Å². The lowest BCUT2D eigenvalue weighted by atomic mass is 10.1. The first-order valence-corrected chi connectivity index (χ1v) is 4.47. The molecule has 0 bridgehead atoms. The van der Waals surface area contributed by atoms with Gasteiger partial charge in [0.25, 0.3) is 0 Å². The van der Waals surface area contributed by atoms with Crippen molar-refractivity contribution in [3.05, 3.63) is 33.5 Å². The van der Waals surface area contributed by atoms with Crippen LogP contribution in [0.25, 0.3) is 0 Å². The standard InChI is InChI=1S/C9H8BrFO2/c1-5-7(10)3-2-6(9(5)11)4-8(12)13/h2-3H,4H2,1H3,(H,12,13). The van der Waals surface area contributed by atoms with E-state index in [1.807, 2.05) is 0 Å². The van der Waals surface area contributed by atoms with Gasteiger partial charge in [-0.3, -0.25) is 4.79 Å². The molecule has 1 aromatic rings. The summed E-state index contributed by atoms with van der Waals surface area (Å²) < 4.78 is 14.0. The molecule has 0 heterocycles. The van der Waals surface area contributed by atoms with E-state index in [2.05, 4.69) is 15.9 Å². The Morgan fingerprint density at radius 3 is 2.77 bits per heavy atom. The molecule has 4 heteroatoms. The highest BCUT2D eigenvalue weighted by atomic mass is 79.9. The van der Waals surface area contributed by atoms with E-state index in [1.165, 1.54) is 6.07 Å². The van der Waals surface area contributed by atoms with E-state index in [1.54, 1.807) is 13.0 Å². The van der Waals surface area contributed by atoms with Crippen molar-refractivity contribution >= 4 is 21.9 Å². The number of carboxylic acid groups (broad SMARTS) is 1. The lowest BCUT2D eigenvalue weighted by Gasteiger charge is -2.04. The van der Waals surface area contributed by atoms with Gasteiger partial charge < -0.3 is 5.11 Å². The maximum absolute atomic E-state index is 13.3. The molecule has 0 aliphatic carbocycles. The molecule has 0 aliphatic heterocycles. The molecule has 0 aromatic heterocycles. The highest BCUT2D eigenvalue weighted by Crippen LogP contribution is 2.21. The van der Waals surface area contributed by atoms with Crippen molar-refractivity contribution in [3.8, 4) is 0 Å². The van der Waals surface area contributed by atoms with Crippen molar-refractivity contribution in [1.82, 2.24) is 0 Å². The fraction of sp³-hybridized carbons (Fsp3) is 0.222. The molecule has 0 saturated carbocycles. The first-order valence-electron chi connectivity index (χ1n) is 3.67. The third-order valence-corrected chi connectivity index (χ3v) is 2.60. The molecule has 1 aromatic carbocycles. The number of hydrogen-bond acceptors (Lipinski definition) is 1. The van der Waals surface area contributed by atoms with Gasteiger partial charge >= 0.3 is 5.97 Å². The molecule has 0 radical (unpaired) electrons. The Kier molecular flexibility index (Phi) is 3.03. The van der Waals surface area contributed by atoms with Crippen molar-refractivity contribution in [2.24, 2.45) is 0 Å². The second-order valence-corrected chi connectivity index (χ2v) is 3.57. The number of carboxylic acids is 1. The fourth-order valence-corrected chi connectivity index (χ4v) is 1.32. The van der Waals surface area contributed by atoms with Gasteiger partial charge in [0.05, 0.1) is 6.42 Å². The summed E-state index contributed by atoms with van der Waals surface area (Å²) >= 11 is 3.16. The molecule has 2 nitrogen and oxygen atoms in total. The zero-order valence-corrected chi connectivity index (χ0v) is 8.56. The number of aliphatic carboxylic acids is 1. The van der Waals surface area contributed by atoms with Crippen LogP contribution < -0.4 is 0 Å². The molecular weight excluding hydrogens is 239 g/mol. The van der Waals surface area contributed by atoms with E-state index in [-0.39, 0.29) is 12.0 Å². The number of carbonyl (C=O) groups is 1. The zero-order valence-electron chi connectivity index (χ0n) is 6.97. The van der Waals surface area contributed by atoms with Gasteiger partial charge in [-0.1, -0.05) is 22.0 Å². The Balaban J connectivity index is 3.10. The largest absolute Gasteiger partial charge is 0.481 e. The third-order valence-electron chi connectivity index (χ3n) is 1.74. The third kappa shape index (κ3) is 2.28. The van der Waals surface area contributed by atoms with E-state index < -0.39 is 11.8 Å². The predicted molar refractivity (Wildman–Crippen MR) is 50.2 cm³/mol. The molecule has 0 spiro atoms. The van der Waals surface area contributed by atoms with Crippen LogP contribution in [-0.4, -0.2) is 11.1 Å². The minimum atomic E-state index is -1.03. The van der Waals surface area contributed by atoms with E-state index in [4.69, 9.17) is 5.11 Å². The summed E-state index contributed by atoms with van der Waals surface area (Å²) in [6, 6.07) is 3.12. The molecule has 0 atom stereocenters. The van der Waals surface area contributed by atoms with Crippen LogP contribution in [0.5, 0.6) is 0 Å². The minimum Gasteiger partial charge on any atom is -0.481 e. The summed E-state index contributed by atoms with van der Waals surface area (Å²) in [5, 5.41) is 8.47. The molecule has 0 unspecified atom stereocenters. The van der Waals surface area contributed by atoms with Crippen molar-refractivity contribution in [3.63, 3.8) is 0 Å². The highest BCUT2D eigenvalue weighted by molar-refractivity contribution is 9.10. The van der Waals surface area contributed by atoms with Gasteiger partial charge in [0, 0.05) is 4.47 Å². The Morgan fingerprint density at radius 2 is 2.23 bits per heavy atom. The normalized spacial score (nSPS) is 10.1. The van der Waals surface area contributed by atoms with Gasteiger partial charge in [0.1, 0.15) is 5.82 Å². The lowest BCUT2D eigenvalue weighted by molar-refractivity contribution is -0.136. The molecule has 0 aliphatic rings. The monoisotopic (exact) mass is 246 g/mol. The molecule has 0 saturated heterocycles. The smallest absolute Gasteiger partial charge is 0.307 e. The van der Waals surface area contributed by atoms with E-state index in [0.29, 0.717) is 10.0 Å². The van der Waals surface area contributed by atoms with Crippen molar-refractivity contribution in [2.45, 2.75) is 13.3 Å². The Morgan fingerprint density at radius 1 is 1.62 bits per heavy atom. The topological polar surface area (TPSA) is 37.3 Å². The van der Waals surface area contributed by atoms with E-state index in [0.717, 1.165) is 0 Å². The number of rotatable bonds is 2. The molecule has 0 amide bonds. The Hall–Kier alpha value is -0.900. The first kappa shape index (κ1) is 10.2. The molecule has 1 rings (SSSR count). The van der Waals surface area contributed by atoms with Crippen LogP contribution >= 0.6 is 15.9 Å². The second kappa shape index (κ2) is 3.87. The molecular formula is C9H8BrFO2. The maximum Gasteiger partial charge on any atom is 0.307 e. The zero-order chi connectivity index (χ0) is 10.0. The van der Waals surface area contributed by atoms with Gasteiger partial charge in [-0.05, 0) is 24.1 Å². The summed E-state index contributed by atoms with van der Waals surface area (Å²) in [6.07, 6.45) is -0.278. The van der Waals surface area contributed by atoms with Crippen LogP contribution in [0.4, 0.5) is 4.39 Å². The van der Waals surface area contributed by atoms with Crippen LogP contribution in [0.3, 0.4) is 0 Å². The molecule has 70 valence electrons. The lowest BCUT2D eigenvalue weighted by Crippen LogP contribution is -2.03.